The Labute approximate surface area is 183 Å². The summed E-state index contributed by atoms with van der Waals surface area (Å²) in [6.45, 7) is 2.34. The quantitative estimate of drug-likeness (QED) is 0.454. The minimum atomic E-state index is -0.421. The van der Waals surface area contributed by atoms with E-state index in [2.05, 4.69) is 31.5 Å². The Morgan fingerprint density at radius 2 is 2.03 bits per heavy atom. The van der Waals surface area contributed by atoms with Crippen molar-refractivity contribution in [3.63, 3.8) is 0 Å². The number of hydrogen-bond donors (Lipinski definition) is 2. The number of benzene rings is 1. The average Bonchev–Trinajstić information content (AvgIpc) is 2.74. The van der Waals surface area contributed by atoms with Crippen LogP contribution in [0.15, 0.2) is 35.1 Å². The number of carbonyl (C=O) groups excluding carboxylic acids is 1. The Balaban J connectivity index is 1.52. The molecule has 1 aromatic heterocycles. The Morgan fingerprint density at radius 1 is 1.30 bits per heavy atom. The van der Waals surface area contributed by atoms with Gasteiger partial charge in [0.1, 0.15) is 11.9 Å². The van der Waals surface area contributed by atoms with E-state index < -0.39 is 4.92 Å². The van der Waals surface area contributed by atoms with E-state index in [-0.39, 0.29) is 23.6 Å². The van der Waals surface area contributed by atoms with Gasteiger partial charge in [-0.25, -0.2) is 0 Å². The predicted octanol–water partition coefficient (Wildman–Crippen LogP) is 4.36. The maximum Gasteiger partial charge on any atom is 0.293 e. The maximum atomic E-state index is 12.6. The van der Waals surface area contributed by atoms with Gasteiger partial charge in [-0.3, -0.25) is 19.9 Å². The van der Waals surface area contributed by atoms with E-state index in [0.29, 0.717) is 16.6 Å². The molecule has 1 aliphatic rings. The predicted molar refractivity (Wildman–Crippen MR) is 118 cm³/mol. The Kier molecular flexibility index (Phi) is 7.38. The van der Waals surface area contributed by atoms with Crippen LogP contribution < -0.4 is 15.4 Å². The zero-order valence-corrected chi connectivity index (χ0v) is 18.6. The van der Waals surface area contributed by atoms with Crippen molar-refractivity contribution in [1.29, 1.82) is 0 Å². The van der Waals surface area contributed by atoms with Crippen molar-refractivity contribution in [3.05, 3.63) is 56.3 Å². The Morgan fingerprint density at radius 3 is 2.70 bits per heavy atom. The molecule has 2 N–H and O–H groups in total. The van der Waals surface area contributed by atoms with Gasteiger partial charge < -0.3 is 15.4 Å². The van der Waals surface area contributed by atoms with Gasteiger partial charge in [-0.05, 0) is 60.2 Å². The van der Waals surface area contributed by atoms with Gasteiger partial charge >= 0.3 is 0 Å². The molecule has 1 aliphatic carbocycles. The highest BCUT2D eigenvalue weighted by Crippen LogP contribution is 2.29. The lowest BCUT2D eigenvalue weighted by molar-refractivity contribution is -0.386. The molecule has 0 atom stereocenters. The van der Waals surface area contributed by atoms with Crippen LogP contribution in [0.4, 0.5) is 11.4 Å². The highest BCUT2D eigenvalue weighted by atomic mass is 79.9. The van der Waals surface area contributed by atoms with Crippen molar-refractivity contribution in [1.82, 2.24) is 10.3 Å². The Bertz CT molecular complexity index is 929. The number of nitro groups is 1. The highest BCUT2D eigenvalue weighted by Gasteiger charge is 2.27. The second-order valence-electron chi connectivity index (χ2n) is 7.48. The summed E-state index contributed by atoms with van der Waals surface area (Å²) in [5, 5.41) is 17.6. The molecule has 1 aromatic carbocycles. The fourth-order valence-corrected chi connectivity index (χ4v) is 4.19. The van der Waals surface area contributed by atoms with Gasteiger partial charge in [0.2, 0.25) is 5.91 Å². The van der Waals surface area contributed by atoms with Crippen molar-refractivity contribution in [2.45, 2.75) is 45.2 Å². The van der Waals surface area contributed by atoms with E-state index in [1.165, 1.54) is 6.20 Å². The van der Waals surface area contributed by atoms with Crippen LogP contribution in [-0.2, 0) is 11.3 Å². The van der Waals surface area contributed by atoms with E-state index in [1.807, 2.05) is 25.1 Å². The first-order chi connectivity index (χ1) is 14.4. The Hall–Kier alpha value is -2.52. The first kappa shape index (κ1) is 22.2. The number of aryl methyl sites for hydroxylation is 1. The largest absolute Gasteiger partial charge is 0.496 e. The van der Waals surface area contributed by atoms with Gasteiger partial charge in [0.15, 0.2) is 0 Å². The zero-order valence-electron chi connectivity index (χ0n) is 17.0. The lowest BCUT2D eigenvalue weighted by atomic mass is 9.85. The maximum absolute atomic E-state index is 12.6. The number of rotatable bonds is 7. The third kappa shape index (κ3) is 5.34. The number of anilines is 1. The second kappa shape index (κ2) is 9.99. The molecule has 0 aliphatic heterocycles. The van der Waals surface area contributed by atoms with Crippen LogP contribution >= 0.6 is 15.9 Å². The lowest BCUT2D eigenvalue weighted by Gasteiger charge is -2.28. The number of nitrogens with zero attached hydrogens (tertiary/aromatic N) is 2. The van der Waals surface area contributed by atoms with Crippen LogP contribution in [0.2, 0.25) is 0 Å². The molecule has 0 unspecified atom stereocenters. The summed E-state index contributed by atoms with van der Waals surface area (Å²) in [6.07, 6.45) is 6.05. The van der Waals surface area contributed by atoms with Gasteiger partial charge in [-0.2, -0.15) is 0 Å². The fourth-order valence-electron chi connectivity index (χ4n) is 3.73. The summed E-state index contributed by atoms with van der Waals surface area (Å²) in [4.78, 5) is 27.3. The van der Waals surface area contributed by atoms with Gasteiger partial charge in [0.25, 0.3) is 5.69 Å². The summed E-state index contributed by atoms with van der Waals surface area (Å²) in [7, 11) is 1.61. The van der Waals surface area contributed by atoms with E-state index in [1.54, 1.807) is 13.3 Å². The molecular formula is C21H25BrN4O4. The van der Waals surface area contributed by atoms with Crippen molar-refractivity contribution in [2.24, 2.45) is 5.92 Å². The molecule has 160 valence electrons. The molecule has 0 radical (unpaired) electrons. The number of pyridine rings is 1. The molecule has 30 heavy (non-hydrogen) atoms. The summed E-state index contributed by atoms with van der Waals surface area (Å²) in [5.41, 5.74) is 2.34. The second-order valence-corrected chi connectivity index (χ2v) is 8.33. The molecule has 3 rings (SSSR count). The zero-order chi connectivity index (χ0) is 21.7. The minimum absolute atomic E-state index is 0.00142. The first-order valence-electron chi connectivity index (χ1n) is 9.84. The monoisotopic (exact) mass is 476 g/mol. The number of amides is 1. The van der Waals surface area contributed by atoms with E-state index >= 15 is 0 Å². The SMILES string of the molecule is COc1cc(NC(=O)C2CCC(NCc3c(Br)cncc3[N+](=O)[O-])CC2)ccc1C. The molecule has 1 heterocycles. The van der Waals surface area contributed by atoms with Gasteiger partial charge in [-0.1, -0.05) is 6.07 Å². The molecule has 0 saturated heterocycles. The van der Waals surface area contributed by atoms with Crippen LogP contribution in [0.1, 0.15) is 36.8 Å². The number of carbonyl (C=O) groups is 1. The molecule has 0 bridgehead atoms. The van der Waals surface area contributed by atoms with Crippen LogP contribution in [0.3, 0.4) is 0 Å². The number of methoxy groups -OCH3 is 1. The molecule has 8 nitrogen and oxygen atoms in total. The molecule has 2 aromatic rings. The number of nitrogens with one attached hydrogen (secondary N) is 2. The van der Waals surface area contributed by atoms with E-state index in [0.717, 1.165) is 42.7 Å². The topological polar surface area (TPSA) is 106 Å². The smallest absolute Gasteiger partial charge is 0.293 e. The summed E-state index contributed by atoms with van der Waals surface area (Å²) in [5.74, 6) is 0.723. The van der Waals surface area contributed by atoms with Crippen molar-refractivity contribution in [2.75, 3.05) is 12.4 Å². The molecule has 1 amide bonds. The first-order valence-corrected chi connectivity index (χ1v) is 10.6. The number of hydrogen-bond acceptors (Lipinski definition) is 6. The molecule has 1 fully saturated rings. The molecular weight excluding hydrogens is 452 g/mol. The summed E-state index contributed by atoms with van der Waals surface area (Å²) in [6, 6.07) is 5.85. The number of halogens is 1. The van der Waals surface area contributed by atoms with Gasteiger partial charge in [0, 0.05) is 40.9 Å². The standard InChI is InChI=1S/C21H25BrN4O4/c1-13-3-6-16(9-20(13)30-2)25-21(27)14-4-7-15(8-5-14)24-10-17-18(22)11-23-12-19(17)26(28)29/h3,6,9,11-12,14-15,24H,4-5,7-8,10H2,1-2H3,(H,25,27). The van der Waals surface area contributed by atoms with E-state index in [9.17, 15) is 14.9 Å². The van der Waals surface area contributed by atoms with Crippen LogP contribution in [0.25, 0.3) is 0 Å². The molecule has 9 heteroatoms. The average molecular weight is 477 g/mol. The third-order valence-corrected chi connectivity index (χ3v) is 6.20. The van der Waals surface area contributed by atoms with Crippen molar-refractivity contribution in [3.8, 4) is 5.75 Å². The van der Waals surface area contributed by atoms with Gasteiger partial charge in [-0.15, -0.1) is 0 Å². The summed E-state index contributed by atoms with van der Waals surface area (Å²) < 4.78 is 5.93. The minimum Gasteiger partial charge on any atom is -0.496 e. The number of ether oxygens (including phenoxy) is 1. The third-order valence-electron chi connectivity index (χ3n) is 5.52. The van der Waals surface area contributed by atoms with Crippen LogP contribution in [-0.4, -0.2) is 29.0 Å². The van der Waals surface area contributed by atoms with Crippen LogP contribution in [0, 0.1) is 23.0 Å². The lowest BCUT2D eigenvalue weighted by Crippen LogP contribution is -2.36. The molecule has 1 saturated carbocycles. The fraction of sp³-hybridized carbons (Fsp3) is 0.429. The normalized spacial score (nSPS) is 18.6. The van der Waals surface area contributed by atoms with E-state index in [4.69, 9.17) is 4.74 Å². The van der Waals surface area contributed by atoms with Crippen molar-refractivity contribution >= 4 is 33.2 Å². The summed E-state index contributed by atoms with van der Waals surface area (Å²) >= 11 is 3.35. The highest BCUT2D eigenvalue weighted by molar-refractivity contribution is 9.10. The van der Waals surface area contributed by atoms with Gasteiger partial charge in [0.05, 0.1) is 17.6 Å². The number of aromatic nitrogens is 1. The molecule has 0 spiro atoms. The van der Waals surface area contributed by atoms with Crippen LogP contribution in [0.5, 0.6) is 5.75 Å². The van der Waals surface area contributed by atoms with Crippen molar-refractivity contribution < 1.29 is 14.5 Å².